The third kappa shape index (κ3) is 6.75. The van der Waals surface area contributed by atoms with Crippen LogP contribution in [0.5, 0.6) is 0 Å². The number of hydrogen-bond acceptors (Lipinski definition) is 2. The molecule has 28 heavy (non-hydrogen) atoms. The molecule has 0 fully saturated rings. The Balaban J connectivity index is 2.03. The summed E-state index contributed by atoms with van der Waals surface area (Å²) >= 11 is 0. The molecule has 0 aliphatic heterocycles. The van der Waals surface area contributed by atoms with Crippen molar-refractivity contribution in [2.75, 3.05) is 6.54 Å². The molecule has 0 aliphatic rings. The average molecular weight is 387 g/mol. The molecule has 0 radical (unpaired) electrons. The van der Waals surface area contributed by atoms with Gasteiger partial charge in [0.1, 0.15) is 11.6 Å². The zero-order chi connectivity index (χ0) is 20.5. The number of allylic oxidation sites excluding steroid dienone is 1. The zero-order valence-electron chi connectivity index (χ0n) is 16.9. The SMILES string of the molecule is C=C(CC(C)[C@H](Cc1cc(F)cc(F)c1)C(CC)CN)NCc1ccccc1. The first-order valence-corrected chi connectivity index (χ1v) is 10.0. The van der Waals surface area contributed by atoms with Gasteiger partial charge in [-0.1, -0.05) is 57.2 Å². The fourth-order valence-electron chi connectivity index (χ4n) is 3.91. The second-order valence-corrected chi connectivity index (χ2v) is 7.67. The summed E-state index contributed by atoms with van der Waals surface area (Å²) in [6.45, 7) is 9.77. The van der Waals surface area contributed by atoms with E-state index >= 15 is 0 Å². The summed E-state index contributed by atoms with van der Waals surface area (Å²) in [5.74, 6) is -0.252. The molecule has 2 nitrogen and oxygen atoms in total. The largest absolute Gasteiger partial charge is 0.385 e. The molecular weight excluding hydrogens is 354 g/mol. The topological polar surface area (TPSA) is 38.0 Å². The van der Waals surface area contributed by atoms with E-state index < -0.39 is 11.6 Å². The highest BCUT2D eigenvalue weighted by Crippen LogP contribution is 2.31. The molecule has 2 unspecified atom stereocenters. The molecule has 2 rings (SSSR count). The van der Waals surface area contributed by atoms with Gasteiger partial charge in [0.05, 0.1) is 0 Å². The zero-order valence-corrected chi connectivity index (χ0v) is 16.9. The van der Waals surface area contributed by atoms with E-state index in [0.717, 1.165) is 31.1 Å². The van der Waals surface area contributed by atoms with Crippen molar-refractivity contribution in [2.24, 2.45) is 23.5 Å². The Morgan fingerprint density at radius 2 is 1.71 bits per heavy atom. The van der Waals surface area contributed by atoms with E-state index in [1.165, 1.54) is 17.7 Å². The van der Waals surface area contributed by atoms with Gasteiger partial charge in [-0.05, 0) is 60.4 Å². The van der Waals surface area contributed by atoms with Gasteiger partial charge in [0, 0.05) is 18.3 Å². The molecule has 0 amide bonds. The van der Waals surface area contributed by atoms with Gasteiger partial charge in [-0.15, -0.1) is 0 Å². The summed E-state index contributed by atoms with van der Waals surface area (Å²) in [7, 11) is 0. The van der Waals surface area contributed by atoms with E-state index in [1.807, 2.05) is 18.2 Å². The van der Waals surface area contributed by atoms with Gasteiger partial charge in [-0.25, -0.2) is 8.78 Å². The smallest absolute Gasteiger partial charge is 0.126 e. The minimum Gasteiger partial charge on any atom is -0.385 e. The fourth-order valence-corrected chi connectivity index (χ4v) is 3.91. The van der Waals surface area contributed by atoms with Crippen LogP contribution in [0.1, 0.15) is 37.8 Å². The Labute approximate surface area is 167 Å². The van der Waals surface area contributed by atoms with Crippen molar-refractivity contribution in [3.8, 4) is 0 Å². The van der Waals surface area contributed by atoms with Crippen LogP contribution in [0.3, 0.4) is 0 Å². The fraction of sp³-hybridized carbons (Fsp3) is 0.417. The van der Waals surface area contributed by atoms with E-state index in [1.54, 1.807) is 0 Å². The van der Waals surface area contributed by atoms with Crippen molar-refractivity contribution in [1.29, 1.82) is 0 Å². The van der Waals surface area contributed by atoms with Crippen LogP contribution >= 0.6 is 0 Å². The molecule has 2 aromatic rings. The molecule has 0 aromatic heterocycles. The summed E-state index contributed by atoms with van der Waals surface area (Å²) < 4.78 is 27.3. The molecule has 3 atom stereocenters. The van der Waals surface area contributed by atoms with Crippen molar-refractivity contribution in [3.63, 3.8) is 0 Å². The van der Waals surface area contributed by atoms with E-state index in [2.05, 4.69) is 37.9 Å². The molecule has 0 spiro atoms. The van der Waals surface area contributed by atoms with Gasteiger partial charge in [0.2, 0.25) is 0 Å². The molecular formula is C24H32F2N2. The second kappa shape index (κ2) is 11.0. The van der Waals surface area contributed by atoms with Crippen LogP contribution < -0.4 is 11.1 Å². The molecule has 0 bridgehead atoms. The summed E-state index contributed by atoms with van der Waals surface area (Å²) in [4.78, 5) is 0. The lowest BCUT2D eigenvalue weighted by Gasteiger charge is -2.31. The standard InChI is InChI=1S/C24H32F2N2/c1-4-21(15-27)24(13-20-11-22(25)14-23(26)12-20)17(2)10-18(3)28-16-19-8-6-5-7-9-19/h5-9,11-12,14,17,21,24,28H,3-4,10,13,15-16,27H2,1-2H3/t17?,21?,24-/m0/s1. The lowest BCUT2D eigenvalue weighted by Crippen LogP contribution is -2.30. The Hall–Kier alpha value is -2.20. The first-order valence-electron chi connectivity index (χ1n) is 10.0. The van der Waals surface area contributed by atoms with Crippen molar-refractivity contribution in [1.82, 2.24) is 5.32 Å². The van der Waals surface area contributed by atoms with Gasteiger partial charge < -0.3 is 11.1 Å². The van der Waals surface area contributed by atoms with Gasteiger partial charge >= 0.3 is 0 Å². The number of benzene rings is 2. The van der Waals surface area contributed by atoms with E-state index in [0.29, 0.717) is 24.4 Å². The van der Waals surface area contributed by atoms with Crippen LogP contribution in [0, 0.1) is 29.4 Å². The summed E-state index contributed by atoms with van der Waals surface area (Å²) in [5.41, 5.74) is 8.88. The Morgan fingerprint density at radius 1 is 1.07 bits per heavy atom. The highest BCUT2D eigenvalue weighted by atomic mass is 19.1. The lowest BCUT2D eigenvalue weighted by molar-refractivity contribution is 0.232. The number of hydrogen-bond donors (Lipinski definition) is 2. The molecule has 3 N–H and O–H groups in total. The number of nitrogens with one attached hydrogen (secondary N) is 1. The van der Waals surface area contributed by atoms with Gasteiger partial charge in [-0.3, -0.25) is 0 Å². The van der Waals surface area contributed by atoms with Crippen LogP contribution in [-0.2, 0) is 13.0 Å². The molecule has 152 valence electrons. The van der Waals surface area contributed by atoms with Gasteiger partial charge in [0.15, 0.2) is 0 Å². The van der Waals surface area contributed by atoms with Crippen LogP contribution in [0.15, 0.2) is 60.8 Å². The second-order valence-electron chi connectivity index (χ2n) is 7.67. The normalized spacial score (nSPS) is 14.3. The highest BCUT2D eigenvalue weighted by Gasteiger charge is 2.26. The minimum absolute atomic E-state index is 0.228. The number of nitrogens with two attached hydrogens (primary N) is 1. The Bertz CT molecular complexity index is 721. The molecule has 4 heteroatoms. The average Bonchev–Trinajstić information content (AvgIpc) is 2.66. The van der Waals surface area contributed by atoms with Crippen molar-refractivity contribution < 1.29 is 8.78 Å². The van der Waals surface area contributed by atoms with E-state index in [4.69, 9.17) is 5.73 Å². The minimum atomic E-state index is -0.531. The van der Waals surface area contributed by atoms with Crippen LogP contribution in [-0.4, -0.2) is 6.54 Å². The number of rotatable bonds is 11. The van der Waals surface area contributed by atoms with Crippen LogP contribution in [0.4, 0.5) is 8.78 Å². The molecule has 0 aliphatic carbocycles. The predicted molar refractivity (Wildman–Crippen MR) is 113 cm³/mol. The summed E-state index contributed by atoms with van der Waals surface area (Å²) in [5, 5.41) is 3.40. The van der Waals surface area contributed by atoms with Gasteiger partial charge in [0.25, 0.3) is 0 Å². The van der Waals surface area contributed by atoms with Gasteiger partial charge in [-0.2, -0.15) is 0 Å². The molecule has 0 saturated heterocycles. The van der Waals surface area contributed by atoms with Crippen LogP contribution in [0.2, 0.25) is 0 Å². The van der Waals surface area contributed by atoms with E-state index in [-0.39, 0.29) is 11.8 Å². The quantitative estimate of drug-likeness (QED) is 0.540. The molecule has 2 aromatic carbocycles. The third-order valence-corrected chi connectivity index (χ3v) is 5.51. The first-order chi connectivity index (χ1) is 13.4. The highest BCUT2D eigenvalue weighted by molar-refractivity contribution is 5.19. The Morgan fingerprint density at radius 3 is 2.29 bits per heavy atom. The van der Waals surface area contributed by atoms with Crippen molar-refractivity contribution in [2.45, 2.75) is 39.7 Å². The van der Waals surface area contributed by atoms with Crippen molar-refractivity contribution in [3.05, 3.63) is 83.6 Å². The van der Waals surface area contributed by atoms with Crippen molar-refractivity contribution >= 4 is 0 Å². The van der Waals surface area contributed by atoms with E-state index in [9.17, 15) is 8.78 Å². The maximum absolute atomic E-state index is 13.6. The predicted octanol–water partition coefficient (Wildman–Crippen LogP) is 5.44. The first kappa shape index (κ1) is 22.1. The monoisotopic (exact) mass is 386 g/mol. The summed E-state index contributed by atoms with van der Waals surface area (Å²) in [6, 6.07) is 13.9. The molecule has 0 saturated carbocycles. The maximum atomic E-state index is 13.6. The Kier molecular flexibility index (Phi) is 8.65. The molecule has 0 heterocycles. The van der Waals surface area contributed by atoms with Crippen LogP contribution in [0.25, 0.3) is 0 Å². The third-order valence-electron chi connectivity index (χ3n) is 5.51. The maximum Gasteiger partial charge on any atom is 0.126 e. The number of halogens is 2. The summed E-state index contributed by atoms with van der Waals surface area (Å²) in [6.07, 6.45) is 2.34. The lowest BCUT2D eigenvalue weighted by atomic mass is 9.75.